The summed E-state index contributed by atoms with van der Waals surface area (Å²) in [4.78, 5) is 12.5. The molecule has 0 bridgehead atoms. The Morgan fingerprint density at radius 1 is 1.04 bits per heavy atom. The van der Waals surface area contributed by atoms with Gasteiger partial charge in [-0.1, -0.05) is 38.1 Å². The first-order valence-electron chi connectivity index (χ1n) is 7.99. The van der Waals surface area contributed by atoms with Gasteiger partial charge in [0, 0.05) is 11.8 Å². The standard InChI is InChI=1S/C19H22FNO3S/c1-13(2)18(15-8-10-17(20)11-9-15)21-19(22)16-6-4-14(5-7-16)12-25(3,23)24/h4-11,13,18H,12H2,1-3H3,(H,21,22)/t18-/m1/s1. The molecule has 0 unspecified atom stereocenters. The van der Waals surface area contributed by atoms with E-state index in [2.05, 4.69) is 5.32 Å². The summed E-state index contributed by atoms with van der Waals surface area (Å²) in [7, 11) is -3.11. The number of benzene rings is 2. The Morgan fingerprint density at radius 2 is 1.60 bits per heavy atom. The highest BCUT2D eigenvalue weighted by Crippen LogP contribution is 2.22. The Balaban J connectivity index is 2.14. The van der Waals surface area contributed by atoms with E-state index in [0.717, 1.165) is 5.56 Å². The minimum atomic E-state index is -3.11. The lowest BCUT2D eigenvalue weighted by atomic mass is 9.95. The van der Waals surface area contributed by atoms with E-state index in [4.69, 9.17) is 0 Å². The van der Waals surface area contributed by atoms with Crippen LogP contribution in [0.1, 0.15) is 41.4 Å². The lowest BCUT2D eigenvalue weighted by Crippen LogP contribution is -2.31. The predicted molar refractivity (Wildman–Crippen MR) is 96.4 cm³/mol. The van der Waals surface area contributed by atoms with Crippen molar-refractivity contribution in [3.05, 3.63) is 71.0 Å². The predicted octanol–water partition coefficient (Wildman–Crippen LogP) is 3.50. The highest BCUT2D eigenvalue weighted by atomic mass is 32.2. The van der Waals surface area contributed by atoms with Gasteiger partial charge < -0.3 is 5.32 Å². The van der Waals surface area contributed by atoms with Gasteiger partial charge >= 0.3 is 0 Å². The molecular formula is C19H22FNO3S. The SMILES string of the molecule is CC(C)[C@@H](NC(=O)c1ccc(CS(C)(=O)=O)cc1)c1ccc(F)cc1. The monoisotopic (exact) mass is 363 g/mol. The maximum absolute atomic E-state index is 13.1. The fraction of sp³-hybridized carbons (Fsp3) is 0.316. The van der Waals surface area contributed by atoms with Crippen LogP contribution < -0.4 is 5.32 Å². The lowest BCUT2D eigenvalue weighted by molar-refractivity contribution is 0.0925. The van der Waals surface area contributed by atoms with Crippen LogP contribution in [0.3, 0.4) is 0 Å². The third kappa shape index (κ3) is 5.67. The molecule has 0 aliphatic carbocycles. The fourth-order valence-electron chi connectivity index (χ4n) is 2.58. The topological polar surface area (TPSA) is 63.2 Å². The van der Waals surface area contributed by atoms with Gasteiger partial charge in [-0.3, -0.25) is 4.79 Å². The Hall–Kier alpha value is -2.21. The van der Waals surface area contributed by atoms with Crippen LogP contribution >= 0.6 is 0 Å². The number of carbonyl (C=O) groups excluding carboxylic acids is 1. The molecule has 1 amide bonds. The van der Waals surface area contributed by atoms with Crippen molar-refractivity contribution in [3.63, 3.8) is 0 Å². The van der Waals surface area contributed by atoms with Gasteiger partial charge in [-0.2, -0.15) is 0 Å². The zero-order valence-corrected chi connectivity index (χ0v) is 15.3. The summed E-state index contributed by atoms with van der Waals surface area (Å²) in [5.74, 6) is -0.508. The van der Waals surface area contributed by atoms with Crippen molar-refractivity contribution < 1.29 is 17.6 Å². The van der Waals surface area contributed by atoms with Crippen LogP contribution in [0.25, 0.3) is 0 Å². The van der Waals surface area contributed by atoms with Crippen molar-refractivity contribution in [2.24, 2.45) is 5.92 Å². The van der Waals surface area contributed by atoms with Crippen LogP contribution in [0.15, 0.2) is 48.5 Å². The molecule has 25 heavy (non-hydrogen) atoms. The van der Waals surface area contributed by atoms with Crippen molar-refractivity contribution in [1.29, 1.82) is 0 Å². The minimum Gasteiger partial charge on any atom is -0.345 e. The molecule has 2 aromatic rings. The van der Waals surface area contributed by atoms with Gasteiger partial charge in [0.25, 0.3) is 5.91 Å². The molecule has 0 heterocycles. The van der Waals surface area contributed by atoms with Gasteiger partial charge in [0.1, 0.15) is 5.82 Å². The Morgan fingerprint density at radius 3 is 2.08 bits per heavy atom. The number of sulfone groups is 1. The first-order valence-corrected chi connectivity index (χ1v) is 10.0. The van der Waals surface area contributed by atoms with E-state index in [1.807, 2.05) is 13.8 Å². The van der Waals surface area contributed by atoms with E-state index in [1.165, 1.54) is 18.4 Å². The molecule has 134 valence electrons. The number of hydrogen-bond acceptors (Lipinski definition) is 3. The molecule has 2 rings (SSSR count). The molecule has 1 atom stereocenters. The second-order valence-electron chi connectivity index (χ2n) is 6.51. The summed E-state index contributed by atoms with van der Waals surface area (Å²) in [5, 5.41) is 2.96. The molecule has 6 heteroatoms. The summed E-state index contributed by atoms with van der Waals surface area (Å²) >= 11 is 0. The van der Waals surface area contributed by atoms with E-state index < -0.39 is 9.84 Å². The number of amides is 1. The highest BCUT2D eigenvalue weighted by molar-refractivity contribution is 7.89. The zero-order valence-electron chi connectivity index (χ0n) is 14.5. The molecule has 2 aromatic carbocycles. The van der Waals surface area contributed by atoms with Gasteiger partial charge in [-0.15, -0.1) is 0 Å². The molecule has 0 saturated carbocycles. The molecule has 0 spiro atoms. The summed E-state index contributed by atoms with van der Waals surface area (Å²) in [6.07, 6.45) is 1.17. The quantitative estimate of drug-likeness (QED) is 0.854. The maximum Gasteiger partial charge on any atom is 0.251 e. The third-order valence-corrected chi connectivity index (χ3v) is 4.69. The summed E-state index contributed by atoms with van der Waals surface area (Å²) in [6, 6.07) is 12.3. The minimum absolute atomic E-state index is 0.0565. The molecule has 0 aromatic heterocycles. The second kappa shape index (κ2) is 7.78. The number of rotatable bonds is 6. The van der Waals surface area contributed by atoms with Crippen molar-refractivity contribution in [3.8, 4) is 0 Å². The van der Waals surface area contributed by atoms with E-state index >= 15 is 0 Å². The molecular weight excluding hydrogens is 341 g/mol. The first-order chi connectivity index (χ1) is 11.7. The first kappa shape index (κ1) is 19.1. The Bertz CT molecular complexity index is 828. The third-order valence-electron chi connectivity index (χ3n) is 3.83. The van der Waals surface area contributed by atoms with Crippen molar-refractivity contribution in [2.45, 2.75) is 25.6 Å². The molecule has 1 N–H and O–H groups in total. The number of nitrogens with one attached hydrogen (secondary N) is 1. The smallest absolute Gasteiger partial charge is 0.251 e. The molecule has 0 saturated heterocycles. The van der Waals surface area contributed by atoms with Crippen LogP contribution in [-0.4, -0.2) is 20.6 Å². The number of hydrogen-bond donors (Lipinski definition) is 1. The van der Waals surface area contributed by atoms with E-state index in [1.54, 1.807) is 36.4 Å². The molecule has 0 radical (unpaired) electrons. The Kier molecular flexibility index (Phi) is 5.95. The van der Waals surface area contributed by atoms with E-state index in [-0.39, 0.29) is 29.4 Å². The van der Waals surface area contributed by atoms with Gasteiger partial charge in [0.05, 0.1) is 11.8 Å². The van der Waals surface area contributed by atoms with Crippen LogP contribution in [0.4, 0.5) is 4.39 Å². The van der Waals surface area contributed by atoms with Crippen LogP contribution in [0, 0.1) is 11.7 Å². The second-order valence-corrected chi connectivity index (χ2v) is 8.65. The Labute approximate surface area is 148 Å². The van der Waals surface area contributed by atoms with Crippen LogP contribution in [0.5, 0.6) is 0 Å². The molecule has 0 aliphatic heterocycles. The molecule has 4 nitrogen and oxygen atoms in total. The summed E-state index contributed by atoms with van der Waals surface area (Å²) in [6.45, 7) is 3.95. The summed E-state index contributed by atoms with van der Waals surface area (Å²) < 4.78 is 35.7. The normalized spacial score (nSPS) is 12.8. The van der Waals surface area contributed by atoms with Crippen molar-refractivity contribution in [1.82, 2.24) is 5.32 Å². The van der Waals surface area contributed by atoms with Crippen molar-refractivity contribution >= 4 is 15.7 Å². The molecule has 0 aliphatic rings. The lowest BCUT2D eigenvalue weighted by Gasteiger charge is -2.23. The maximum atomic E-state index is 13.1. The van der Waals surface area contributed by atoms with Crippen LogP contribution in [0.2, 0.25) is 0 Å². The van der Waals surface area contributed by atoms with Gasteiger partial charge in [0.2, 0.25) is 0 Å². The number of carbonyl (C=O) groups is 1. The fourth-order valence-corrected chi connectivity index (χ4v) is 3.38. The molecule has 0 fully saturated rings. The van der Waals surface area contributed by atoms with Gasteiger partial charge in [0.15, 0.2) is 9.84 Å². The summed E-state index contributed by atoms with van der Waals surface area (Å²) in [5.41, 5.74) is 1.92. The average Bonchev–Trinajstić information content (AvgIpc) is 2.52. The van der Waals surface area contributed by atoms with E-state index in [0.29, 0.717) is 11.1 Å². The zero-order chi connectivity index (χ0) is 18.6. The van der Waals surface area contributed by atoms with Crippen molar-refractivity contribution in [2.75, 3.05) is 6.26 Å². The van der Waals surface area contributed by atoms with Crippen LogP contribution in [-0.2, 0) is 15.6 Å². The average molecular weight is 363 g/mol. The van der Waals surface area contributed by atoms with Gasteiger partial charge in [-0.25, -0.2) is 12.8 Å². The van der Waals surface area contributed by atoms with Gasteiger partial charge in [-0.05, 0) is 41.3 Å². The highest BCUT2D eigenvalue weighted by Gasteiger charge is 2.19. The largest absolute Gasteiger partial charge is 0.345 e. The van der Waals surface area contributed by atoms with E-state index in [9.17, 15) is 17.6 Å². The number of halogens is 1.